The Morgan fingerprint density at radius 2 is 1.90 bits per heavy atom. The maximum absolute atomic E-state index is 11.3. The Kier molecular flexibility index (Phi) is 3.87. The van der Waals surface area contributed by atoms with Gasteiger partial charge in [-0.3, -0.25) is 20.2 Å². The SMILES string of the molecule is Cc1cc([N+](=O)[O-])cc([N+](=O)[O-])c1N1CCCC[C@@H]1C. The van der Waals surface area contributed by atoms with E-state index >= 15 is 0 Å². The molecule has 1 saturated heterocycles. The van der Waals surface area contributed by atoms with Gasteiger partial charge in [-0.1, -0.05) is 0 Å². The summed E-state index contributed by atoms with van der Waals surface area (Å²) in [5, 5.41) is 22.1. The summed E-state index contributed by atoms with van der Waals surface area (Å²) < 4.78 is 0. The van der Waals surface area contributed by atoms with Crippen molar-refractivity contribution in [2.24, 2.45) is 0 Å². The Bertz CT molecular complexity index is 559. The number of nitrogens with zero attached hydrogens (tertiary/aromatic N) is 3. The topological polar surface area (TPSA) is 89.5 Å². The lowest BCUT2D eigenvalue weighted by Gasteiger charge is -2.35. The zero-order valence-electron chi connectivity index (χ0n) is 11.5. The Morgan fingerprint density at radius 1 is 1.20 bits per heavy atom. The molecule has 0 radical (unpaired) electrons. The van der Waals surface area contributed by atoms with Gasteiger partial charge in [-0.05, 0) is 38.7 Å². The molecule has 2 rings (SSSR count). The van der Waals surface area contributed by atoms with Gasteiger partial charge in [-0.15, -0.1) is 0 Å². The van der Waals surface area contributed by atoms with Gasteiger partial charge in [0, 0.05) is 18.7 Å². The molecule has 0 aliphatic carbocycles. The third-order valence-corrected chi connectivity index (χ3v) is 3.76. The largest absolute Gasteiger partial charge is 0.363 e. The third kappa shape index (κ3) is 2.56. The van der Waals surface area contributed by atoms with E-state index in [4.69, 9.17) is 0 Å². The lowest BCUT2D eigenvalue weighted by atomic mass is 10.0. The van der Waals surface area contributed by atoms with Crippen molar-refractivity contribution in [3.8, 4) is 0 Å². The summed E-state index contributed by atoms with van der Waals surface area (Å²) in [7, 11) is 0. The summed E-state index contributed by atoms with van der Waals surface area (Å²) in [4.78, 5) is 23.0. The van der Waals surface area contributed by atoms with E-state index in [1.807, 2.05) is 11.8 Å². The molecule has 1 heterocycles. The fourth-order valence-corrected chi connectivity index (χ4v) is 2.79. The fourth-order valence-electron chi connectivity index (χ4n) is 2.79. The number of hydrogen-bond donors (Lipinski definition) is 0. The van der Waals surface area contributed by atoms with Crippen LogP contribution in [-0.4, -0.2) is 22.4 Å². The molecule has 0 amide bonds. The second-order valence-electron chi connectivity index (χ2n) is 5.18. The van der Waals surface area contributed by atoms with Gasteiger partial charge in [0.05, 0.1) is 15.9 Å². The number of non-ortho nitro benzene ring substituents is 1. The van der Waals surface area contributed by atoms with Crippen LogP contribution in [0.1, 0.15) is 31.7 Å². The summed E-state index contributed by atoms with van der Waals surface area (Å²) in [6, 6.07) is 2.68. The summed E-state index contributed by atoms with van der Waals surface area (Å²) in [6.07, 6.45) is 3.07. The van der Waals surface area contributed by atoms with Crippen LogP contribution in [0.15, 0.2) is 12.1 Å². The van der Waals surface area contributed by atoms with Crippen molar-refractivity contribution in [2.45, 2.75) is 39.2 Å². The lowest BCUT2D eigenvalue weighted by Crippen LogP contribution is -2.38. The molecule has 0 unspecified atom stereocenters. The third-order valence-electron chi connectivity index (χ3n) is 3.76. The first-order valence-electron chi connectivity index (χ1n) is 6.62. The summed E-state index contributed by atoms with van der Waals surface area (Å²) in [5.41, 5.74) is 0.695. The standard InChI is InChI=1S/C13H17N3O4/c1-9-7-11(15(17)18)8-12(16(19)20)13(9)14-6-4-3-5-10(14)2/h7-8,10H,3-6H2,1-2H3/t10-/m0/s1. The molecule has 0 spiro atoms. The highest BCUT2D eigenvalue weighted by molar-refractivity contribution is 5.71. The minimum absolute atomic E-state index is 0.176. The van der Waals surface area contributed by atoms with Crippen molar-refractivity contribution in [2.75, 3.05) is 11.4 Å². The smallest absolute Gasteiger partial charge is 0.299 e. The highest BCUT2D eigenvalue weighted by Crippen LogP contribution is 2.38. The van der Waals surface area contributed by atoms with Gasteiger partial charge in [0.15, 0.2) is 0 Å². The predicted octanol–water partition coefficient (Wildman–Crippen LogP) is 3.19. The molecular formula is C13H17N3O4. The first kappa shape index (κ1) is 14.2. The normalized spacial score (nSPS) is 18.9. The monoisotopic (exact) mass is 279 g/mol. The molecule has 108 valence electrons. The van der Waals surface area contributed by atoms with Gasteiger partial charge in [-0.25, -0.2) is 0 Å². The van der Waals surface area contributed by atoms with Gasteiger partial charge in [0.25, 0.3) is 11.4 Å². The molecule has 1 aliphatic rings. The number of nitro benzene ring substituents is 2. The van der Waals surface area contributed by atoms with E-state index in [0.717, 1.165) is 31.9 Å². The van der Waals surface area contributed by atoms with Crippen LogP contribution < -0.4 is 4.90 Å². The van der Waals surface area contributed by atoms with Crippen LogP contribution >= 0.6 is 0 Å². The zero-order chi connectivity index (χ0) is 14.9. The zero-order valence-corrected chi connectivity index (χ0v) is 11.5. The van der Waals surface area contributed by atoms with Crippen LogP contribution in [0, 0.1) is 27.2 Å². The molecular weight excluding hydrogens is 262 g/mol. The summed E-state index contributed by atoms with van der Waals surface area (Å²) in [5.74, 6) is 0. The lowest BCUT2D eigenvalue weighted by molar-refractivity contribution is -0.393. The Morgan fingerprint density at radius 3 is 2.45 bits per heavy atom. The second kappa shape index (κ2) is 5.44. The van der Waals surface area contributed by atoms with Crippen LogP contribution in [-0.2, 0) is 0 Å². The number of aryl methyl sites for hydroxylation is 1. The molecule has 1 aromatic rings. The summed E-state index contributed by atoms with van der Waals surface area (Å²) >= 11 is 0. The number of benzene rings is 1. The minimum atomic E-state index is -0.594. The van der Waals surface area contributed by atoms with Gasteiger partial charge >= 0.3 is 0 Å². The maximum atomic E-state index is 11.3. The number of hydrogen-bond acceptors (Lipinski definition) is 5. The molecule has 0 saturated carbocycles. The number of rotatable bonds is 3. The molecule has 7 nitrogen and oxygen atoms in total. The fraction of sp³-hybridized carbons (Fsp3) is 0.538. The highest BCUT2D eigenvalue weighted by atomic mass is 16.6. The van der Waals surface area contributed by atoms with Crippen molar-refractivity contribution < 1.29 is 9.85 Å². The van der Waals surface area contributed by atoms with Crippen LogP contribution in [0.3, 0.4) is 0 Å². The molecule has 20 heavy (non-hydrogen) atoms. The van der Waals surface area contributed by atoms with Crippen LogP contribution in [0.25, 0.3) is 0 Å². The Balaban J connectivity index is 2.56. The highest BCUT2D eigenvalue weighted by Gasteiger charge is 2.29. The van der Waals surface area contributed by atoms with Crippen LogP contribution in [0.4, 0.5) is 17.1 Å². The van der Waals surface area contributed by atoms with Crippen molar-refractivity contribution in [1.82, 2.24) is 0 Å². The van der Waals surface area contributed by atoms with E-state index in [9.17, 15) is 20.2 Å². The van der Waals surface area contributed by atoms with Gasteiger partial charge in [0.1, 0.15) is 5.69 Å². The quantitative estimate of drug-likeness (QED) is 0.626. The Labute approximate surface area is 116 Å². The minimum Gasteiger partial charge on any atom is -0.363 e. The van der Waals surface area contributed by atoms with E-state index in [-0.39, 0.29) is 17.4 Å². The first-order chi connectivity index (χ1) is 9.41. The molecule has 0 aromatic heterocycles. The molecule has 0 bridgehead atoms. The number of nitro groups is 2. The van der Waals surface area contributed by atoms with Crippen molar-refractivity contribution >= 4 is 17.1 Å². The molecule has 7 heteroatoms. The van der Waals surface area contributed by atoms with Gasteiger partial charge in [-0.2, -0.15) is 0 Å². The average Bonchev–Trinajstić information content (AvgIpc) is 2.38. The van der Waals surface area contributed by atoms with Crippen molar-refractivity contribution in [1.29, 1.82) is 0 Å². The Hall–Kier alpha value is -2.18. The van der Waals surface area contributed by atoms with Crippen molar-refractivity contribution in [3.63, 3.8) is 0 Å². The van der Waals surface area contributed by atoms with E-state index in [2.05, 4.69) is 0 Å². The van der Waals surface area contributed by atoms with Crippen molar-refractivity contribution in [3.05, 3.63) is 37.9 Å². The second-order valence-corrected chi connectivity index (χ2v) is 5.18. The maximum Gasteiger partial charge on any atom is 0.299 e. The van der Waals surface area contributed by atoms with E-state index < -0.39 is 9.85 Å². The molecule has 1 aromatic carbocycles. The van der Waals surface area contributed by atoms with Gasteiger partial charge < -0.3 is 4.90 Å². The average molecular weight is 279 g/mol. The van der Waals surface area contributed by atoms with Gasteiger partial charge in [0.2, 0.25) is 0 Å². The van der Waals surface area contributed by atoms with Crippen LogP contribution in [0.5, 0.6) is 0 Å². The number of piperidine rings is 1. The predicted molar refractivity (Wildman–Crippen MR) is 75.1 cm³/mol. The number of anilines is 1. The molecule has 1 aliphatic heterocycles. The van der Waals surface area contributed by atoms with E-state index in [1.54, 1.807) is 6.92 Å². The van der Waals surface area contributed by atoms with E-state index in [0.29, 0.717) is 11.3 Å². The molecule has 1 fully saturated rings. The van der Waals surface area contributed by atoms with E-state index in [1.165, 1.54) is 6.07 Å². The summed E-state index contributed by atoms with van der Waals surface area (Å²) in [6.45, 7) is 4.47. The first-order valence-corrected chi connectivity index (χ1v) is 6.62. The molecule has 1 atom stereocenters. The van der Waals surface area contributed by atoms with Crippen LogP contribution in [0.2, 0.25) is 0 Å². The molecule has 0 N–H and O–H groups in total.